The highest BCUT2D eigenvalue weighted by Crippen LogP contribution is 2.20. The fourth-order valence-electron chi connectivity index (χ4n) is 2.27. The zero-order valence-electron chi connectivity index (χ0n) is 12.3. The van der Waals surface area contributed by atoms with Crippen molar-refractivity contribution in [2.45, 2.75) is 52.7 Å². The molecule has 0 unspecified atom stereocenters. The zero-order chi connectivity index (χ0) is 14.9. The number of rotatable bonds is 5. The van der Waals surface area contributed by atoms with Gasteiger partial charge in [0.15, 0.2) is 5.65 Å². The Morgan fingerprint density at radius 1 is 1.45 bits per heavy atom. The van der Waals surface area contributed by atoms with Gasteiger partial charge in [-0.25, -0.2) is 9.67 Å². The van der Waals surface area contributed by atoms with E-state index in [0.29, 0.717) is 5.82 Å². The number of halogens is 1. The maximum atomic E-state index is 12.0. The molecule has 7 heteroatoms. The molecule has 0 aliphatic heterocycles. The van der Waals surface area contributed by atoms with Crippen LogP contribution >= 0.6 is 11.6 Å². The van der Waals surface area contributed by atoms with Crippen molar-refractivity contribution in [3.05, 3.63) is 11.5 Å². The molecule has 0 radical (unpaired) electrons. The molecule has 2 aromatic rings. The van der Waals surface area contributed by atoms with Crippen LogP contribution in [-0.4, -0.2) is 31.3 Å². The highest BCUT2D eigenvalue weighted by molar-refractivity contribution is 6.16. The largest absolute Gasteiger partial charge is 0.352 e. The minimum atomic E-state index is -0.0489. The van der Waals surface area contributed by atoms with E-state index in [2.05, 4.69) is 15.4 Å². The smallest absolute Gasteiger partial charge is 0.240 e. The molecule has 1 N–H and O–H groups in total. The first kappa shape index (κ1) is 14.8. The molecule has 110 valence electrons. The normalized spacial score (nSPS) is 11.5. The number of aryl methyl sites for hydroxylation is 2. The van der Waals surface area contributed by atoms with Crippen LogP contribution in [0.4, 0.5) is 0 Å². The minimum Gasteiger partial charge on any atom is -0.352 e. The Bertz CT molecular complexity index is 628. The fraction of sp³-hybridized carbons (Fsp3) is 0.615. The Morgan fingerprint density at radius 3 is 2.70 bits per heavy atom. The summed E-state index contributed by atoms with van der Waals surface area (Å²) >= 11 is 5.95. The van der Waals surface area contributed by atoms with E-state index >= 15 is 0 Å². The Labute approximate surface area is 123 Å². The molecule has 0 aliphatic rings. The summed E-state index contributed by atoms with van der Waals surface area (Å²) in [6.45, 7) is 8.73. The van der Waals surface area contributed by atoms with Crippen LogP contribution in [0.3, 0.4) is 0 Å². The van der Waals surface area contributed by atoms with Crippen molar-refractivity contribution < 1.29 is 4.79 Å². The summed E-state index contributed by atoms with van der Waals surface area (Å²) in [6, 6.07) is 0.110. The van der Waals surface area contributed by atoms with E-state index in [1.165, 1.54) is 0 Å². The number of hydrogen-bond donors (Lipinski definition) is 1. The molecular formula is C13H20ClN5O. The molecule has 0 saturated heterocycles. The van der Waals surface area contributed by atoms with Crippen LogP contribution < -0.4 is 5.32 Å². The van der Waals surface area contributed by atoms with Gasteiger partial charge in [0, 0.05) is 12.6 Å². The van der Waals surface area contributed by atoms with E-state index in [0.717, 1.165) is 23.4 Å². The summed E-state index contributed by atoms with van der Waals surface area (Å²) in [6.07, 6.45) is 0. The van der Waals surface area contributed by atoms with Gasteiger partial charge >= 0.3 is 0 Å². The molecule has 0 fully saturated rings. The lowest BCUT2D eigenvalue weighted by Crippen LogP contribution is -2.33. The van der Waals surface area contributed by atoms with Gasteiger partial charge in [-0.1, -0.05) is 0 Å². The van der Waals surface area contributed by atoms with Crippen molar-refractivity contribution in [3.63, 3.8) is 0 Å². The molecule has 2 aromatic heterocycles. The number of fused-ring (bicyclic) bond motifs is 1. The first-order valence-electron chi connectivity index (χ1n) is 6.75. The van der Waals surface area contributed by atoms with Crippen molar-refractivity contribution in [2.24, 2.45) is 0 Å². The number of carbonyl (C=O) groups excluding carboxylic acids is 1. The van der Waals surface area contributed by atoms with Gasteiger partial charge in [-0.05, 0) is 27.7 Å². The molecule has 0 atom stereocenters. The van der Waals surface area contributed by atoms with Crippen molar-refractivity contribution in [2.75, 3.05) is 0 Å². The maximum Gasteiger partial charge on any atom is 0.240 e. The fourth-order valence-corrected chi connectivity index (χ4v) is 2.47. The molecule has 0 aliphatic carbocycles. The first-order chi connectivity index (χ1) is 9.47. The van der Waals surface area contributed by atoms with Crippen molar-refractivity contribution in [1.29, 1.82) is 0 Å². The Balaban J connectivity index is 2.46. The van der Waals surface area contributed by atoms with E-state index in [-0.39, 0.29) is 24.4 Å². The standard InChI is InChI=1S/C13H20ClN5O/c1-5-19-13-12(9(4)17-19)16-10(6-14)18(13)7-11(20)15-8(2)3/h8H,5-7H2,1-4H3,(H,15,20). The van der Waals surface area contributed by atoms with Crippen LogP contribution in [0.2, 0.25) is 0 Å². The lowest BCUT2D eigenvalue weighted by Gasteiger charge is -2.11. The number of hydrogen-bond acceptors (Lipinski definition) is 3. The van der Waals surface area contributed by atoms with E-state index < -0.39 is 0 Å². The highest BCUT2D eigenvalue weighted by Gasteiger charge is 2.19. The average molecular weight is 298 g/mol. The van der Waals surface area contributed by atoms with Crippen LogP contribution in [0.1, 0.15) is 32.3 Å². The molecule has 0 aromatic carbocycles. The predicted molar refractivity (Wildman–Crippen MR) is 78.8 cm³/mol. The summed E-state index contributed by atoms with van der Waals surface area (Å²) in [5.74, 6) is 0.919. The van der Waals surface area contributed by atoms with E-state index in [9.17, 15) is 4.79 Å². The number of aromatic nitrogens is 4. The van der Waals surface area contributed by atoms with Gasteiger partial charge in [0.2, 0.25) is 5.91 Å². The van der Waals surface area contributed by atoms with E-state index in [1.807, 2.05) is 36.9 Å². The lowest BCUT2D eigenvalue weighted by atomic mass is 10.4. The Hall–Kier alpha value is -1.56. The summed E-state index contributed by atoms with van der Waals surface area (Å²) < 4.78 is 3.71. The topological polar surface area (TPSA) is 64.7 Å². The first-order valence-corrected chi connectivity index (χ1v) is 7.29. The molecule has 0 spiro atoms. The Morgan fingerprint density at radius 2 is 2.15 bits per heavy atom. The number of nitrogens with zero attached hydrogens (tertiary/aromatic N) is 4. The van der Waals surface area contributed by atoms with Crippen LogP contribution in [0.25, 0.3) is 11.2 Å². The quantitative estimate of drug-likeness (QED) is 0.856. The molecule has 2 rings (SSSR count). The number of alkyl halides is 1. The molecule has 2 heterocycles. The van der Waals surface area contributed by atoms with Crippen molar-refractivity contribution in [3.8, 4) is 0 Å². The van der Waals surface area contributed by atoms with Crippen LogP contribution in [-0.2, 0) is 23.8 Å². The molecule has 20 heavy (non-hydrogen) atoms. The lowest BCUT2D eigenvalue weighted by molar-refractivity contribution is -0.122. The third-order valence-corrected chi connectivity index (χ3v) is 3.29. The molecule has 0 saturated carbocycles. The SMILES string of the molecule is CCn1nc(C)c2nc(CCl)n(CC(=O)NC(C)C)c21. The third kappa shape index (κ3) is 2.65. The number of nitrogens with one attached hydrogen (secondary N) is 1. The maximum absolute atomic E-state index is 12.0. The second-order valence-corrected chi connectivity index (χ2v) is 5.31. The Kier molecular flexibility index (Phi) is 4.32. The number of carbonyl (C=O) groups is 1. The van der Waals surface area contributed by atoms with Gasteiger partial charge in [-0.15, -0.1) is 11.6 Å². The average Bonchev–Trinajstić information content (AvgIpc) is 2.87. The highest BCUT2D eigenvalue weighted by atomic mass is 35.5. The van der Waals surface area contributed by atoms with Gasteiger partial charge < -0.3 is 9.88 Å². The van der Waals surface area contributed by atoms with Crippen LogP contribution in [0.5, 0.6) is 0 Å². The minimum absolute atomic E-state index is 0.0489. The summed E-state index contributed by atoms with van der Waals surface area (Å²) in [4.78, 5) is 16.5. The predicted octanol–water partition coefficient (Wildman–Crippen LogP) is 1.82. The second-order valence-electron chi connectivity index (χ2n) is 5.04. The summed E-state index contributed by atoms with van der Waals surface area (Å²) in [5.41, 5.74) is 2.54. The van der Waals surface area contributed by atoms with E-state index in [4.69, 9.17) is 11.6 Å². The summed E-state index contributed by atoms with van der Waals surface area (Å²) in [5, 5.41) is 7.31. The van der Waals surface area contributed by atoms with Crippen molar-refractivity contribution >= 4 is 28.7 Å². The molecule has 0 bridgehead atoms. The van der Waals surface area contributed by atoms with Gasteiger partial charge in [0.25, 0.3) is 0 Å². The summed E-state index contributed by atoms with van der Waals surface area (Å²) in [7, 11) is 0. The van der Waals surface area contributed by atoms with Crippen LogP contribution in [0.15, 0.2) is 0 Å². The monoisotopic (exact) mass is 297 g/mol. The number of amides is 1. The van der Waals surface area contributed by atoms with Gasteiger partial charge in [-0.3, -0.25) is 4.79 Å². The third-order valence-electron chi connectivity index (χ3n) is 3.05. The number of imidazole rings is 1. The van der Waals surface area contributed by atoms with Gasteiger partial charge in [-0.2, -0.15) is 5.10 Å². The zero-order valence-corrected chi connectivity index (χ0v) is 13.0. The van der Waals surface area contributed by atoms with Crippen LogP contribution in [0, 0.1) is 6.92 Å². The molecule has 6 nitrogen and oxygen atoms in total. The van der Waals surface area contributed by atoms with E-state index in [1.54, 1.807) is 0 Å². The second kappa shape index (κ2) is 5.83. The molecule has 1 amide bonds. The molecular weight excluding hydrogens is 278 g/mol. The van der Waals surface area contributed by atoms with Crippen molar-refractivity contribution in [1.82, 2.24) is 24.6 Å². The van der Waals surface area contributed by atoms with Gasteiger partial charge in [0.05, 0.1) is 11.6 Å². The van der Waals surface area contributed by atoms with Gasteiger partial charge in [0.1, 0.15) is 17.9 Å².